The molecule has 206 valence electrons. The molecule has 0 saturated carbocycles. The number of benzene rings is 5. The molecule has 5 aromatic carbocycles. The van der Waals surface area contributed by atoms with E-state index < -0.39 is 11.9 Å². The highest BCUT2D eigenvalue weighted by Crippen LogP contribution is 2.43. The second-order valence-corrected chi connectivity index (χ2v) is 9.94. The van der Waals surface area contributed by atoms with Crippen molar-refractivity contribution in [2.24, 2.45) is 0 Å². The lowest BCUT2D eigenvalue weighted by Crippen LogP contribution is -2.12. The molecule has 0 N–H and O–H groups in total. The maximum absolute atomic E-state index is 13.6. The number of hydrogen-bond acceptors (Lipinski definition) is 6. The molecule has 2 heterocycles. The predicted octanol–water partition coefficient (Wildman–Crippen LogP) is 9.17. The Labute approximate surface area is 241 Å². The molecule has 7 rings (SSSR count). The summed E-state index contributed by atoms with van der Waals surface area (Å²) in [4.78, 5) is 27.2. The lowest BCUT2D eigenvalue weighted by molar-refractivity contribution is 0.0513. The molecule has 0 unspecified atom stereocenters. The second-order valence-electron chi connectivity index (χ2n) is 9.94. The standard InChI is InChI=1S/C36H26O6/c1-3-39-35(37)27-19-26(22-14-10-18-32-34(22)24-12-6-8-16-30(24)42-32)28(36(38)40-4-2)20-25(27)21-13-9-17-31-33(21)23-11-5-7-15-29(23)41-31/h5-20H,3-4H2,1-2H3. The van der Waals surface area contributed by atoms with Crippen molar-refractivity contribution in [1.82, 2.24) is 0 Å². The summed E-state index contributed by atoms with van der Waals surface area (Å²) in [6.07, 6.45) is 0. The Morgan fingerprint density at radius 1 is 0.524 bits per heavy atom. The van der Waals surface area contributed by atoms with Crippen LogP contribution in [0.4, 0.5) is 0 Å². The topological polar surface area (TPSA) is 78.9 Å². The van der Waals surface area contributed by atoms with Gasteiger partial charge in [0.15, 0.2) is 0 Å². The van der Waals surface area contributed by atoms with E-state index >= 15 is 0 Å². The predicted molar refractivity (Wildman–Crippen MR) is 164 cm³/mol. The first-order valence-corrected chi connectivity index (χ1v) is 13.9. The van der Waals surface area contributed by atoms with Crippen molar-refractivity contribution in [1.29, 1.82) is 0 Å². The average molecular weight is 555 g/mol. The second kappa shape index (κ2) is 10.2. The zero-order valence-electron chi connectivity index (χ0n) is 23.1. The van der Waals surface area contributed by atoms with E-state index in [1.54, 1.807) is 26.0 Å². The first kappa shape index (κ1) is 25.6. The van der Waals surface area contributed by atoms with Crippen molar-refractivity contribution in [3.05, 3.63) is 108 Å². The van der Waals surface area contributed by atoms with E-state index in [1.807, 2.05) is 84.9 Å². The minimum Gasteiger partial charge on any atom is -0.462 e. The number of fused-ring (bicyclic) bond motifs is 6. The first-order chi connectivity index (χ1) is 20.6. The van der Waals surface area contributed by atoms with Gasteiger partial charge in [-0.1, -0.05) is 60.7 Å². The minimum absolute atomic E-state index is 0.202. The summed E-state index contributed by atoms with van der Waals surface area (Å²) in [5.74, 6) is -0.976. The Kier molecular flexibility index (Phi) is 6.24. The normalized spacial score (nSPS) is 11.5. The highest BCUT2D eigenvalue weighted by atomic mass is 16.5. The van der Waals surface area contributed by atoms with Gasteiger partial charge in [0.25, 0.3) is 0 Å². The van der Waals surface area contributed by atoms with E-state index in [2.05, 4.69) is 0 Å². The summed E-state index contributed by atoms with van der Waals surface area (Å²) in [6, 6.07) is 30.4. The molecule has 0 saturated heterocycles. The Bertz CT molecular complexity index is 2010. The molecule has 0 bridgehead atoms. The summed E-state index contributed by atoms with van der Waals surface area (Å²) in [5, 5.41) is 3.52. The van der Waals surface area contributed by atoms with Crippen molar-refractivity contribution in [2.75, 3.05) is 13.2 Å². The Balaban J connectivity index is 1.59. The molecule has 0 aliphatic rings. The summed E-state index contributed by atoms with van der Waals surface area (Å²) in [5.41, 5.74) is 6.12. The zero-order valence-corrected chi connectivity index (χ0v) is 23.1. The first-order valence-electron chi connectivity index (χ1n) is 13.9. The molecule has 0 spiro atoms. The number of hydrogen-bond donors (Lipinski definition) is 0. The van der Waals surface area contributed by atoms with Crippen LogP contribution in [0.1, 0.15) is 34.6 Å². The number of carbonyl (C=O) groups excluding carboxylic acids is 2. The van der Waals surface area contributed by atoms with Crippen LogP contribution < -0.4 is 0 Å². The summed E-state index contributed by atoms with van der Waals surface area (Å²) in [6.45, 7) is 3.95. The van der Waals surface area contributed by atoms with Crippen LogP contribution in [0, 0.1) is 0 Å². The van der Waals surface area contributed by atoms with E-state index in [4.69, 9.17) is 18.3 Å². The maximum Gasteiger partial charge on any atom is 0.338 e. The van der Waals surface area contributed by atoms with Gasteiger partial charge in [0.2, 0.25) is 0 Å². The number of esters is 2. The molecule has 0 fully saturated rings. The van der Waals surface area contributed by atoms with Crippen LogP contribution in [-0.4, -0.2) is 25.2 Å². The van der Waals surface area contributed by atoms with Gasteiger partial charge in [-0.05, 0) is 72.5 Å². The van der Waals surface area contributed by atoms with Gasteiger partial charge in [-0.15, -0.1) is 0 Å². The monoisotopic (exact) mass is 554 g/mol. The van der Waals surface area contributed by atoms with Crippen LogP contribution in [-0.2, 0) is 9.47 Å². The molecule has 0 atom stereocenters. The summed E-state index contributed by atoms with van der Waals surface area (Å²) < 4.78 is 23.4. The average Bonchev–Trinajstić information content (AvgIpc) is 3.59. The molecule has 2 aromatic heterocycles. The van der Waals surface area contributed by atoms with E-state index in [1.165, 1.54) is 0 Å². The van der Waals surface area contributed by atoms with Gasteiger partial charge in [-0.3, -0.25) is 0 Å². The SMILES string of the molecule is CCOC(=O)c1cc(-c2cccc3oc4ccccc4c23)c(C(=O)OCC)cc1-c1cccc2oc3ccccc3c12. The third-order valence-corrected chi connectivity index (χ3v) is 7.53. The van der Waals surface area contributed by atoms with Gasteiger partial charge in [0.05, 0.1) is 24.3 Å². The van der Waals surface area contributed by atoms with Crippen LogP contribution in [0.2, 0.25) is 0 Å². The van der Waals surface area contributed by atoms with E-state index in [9.17, 15) is 9.59 Å². The molecular weight excluding hydrogens is 528 g/mol. The highest BCUT2D eigenvalue weighted by molar-refractivity contribution is 6.18. The van der Waals surface area contributed by atoms with E-state index in [0.29, 0.717) is 33.4 Å². The molecule has 0 aliphatic heterocycles. The third-order valence-electron chi connectivity index (χ3n) is 7.53. The summed E-state index contributed by atoms with van der Waals surface area (Å²) in [7, 11) is 0. The van der Waals surface area contributed by atoms with Gasteiger partial charge in [0.1, 0.15) is 22.3 Å². The fourth-order valence-electron chi connectivity index (χ4n) is 5.80. The molecular formula is C36H26O6. The fourth-order valence-corrected chi connectivity index (χ4v) is 5.80. The quantitative estimate of drug-likeness (QED) is 0.191. The minimum atomic E-state index is -0.488. The van der Waals surface area contributed by atoms with Crippen LogP contribution in [0.15, 0.2) is 106 Å². The smallest absolute Gasteiger partial charge is 0.338 e. The largest absolute Gasteiger partial charge is 0.462 e. The number of rotatable bonds is 6. The van der Waals surface area contributed by atoms with Gasteiger partial charge >= 0.3 is 11.9 Å². The van der Waals surface area contributed by atoms with E-state index in [-0.39, 0.29) is 13.2 Å². The van der Waals surface area contributed by atoms with Crippen LogP contribution in [0.3, 0.4) is 0 Å². The molecule has 6 nitrogen and oxygen atoms in total. The van der Waals surface area contributed by atoms with Crippen LogP contribution >= 0.6 is 0 Å². The van der Waals surface area contributed by atoms with Crippen molar-refractivity contribution in [2.45, 2.75) is 13.8 Å². The Morgan fingerprint density at radius 3 is 1.36 bits per heavy atom. The number of carbonyl (C=O) groups is 2. The maximum atomic E-state index is 13.6. The Hall–Kier alpha value is -5.36. The molecule has 42 heavy (non-hydrogen) atoms. The van der Waals surface area contributed by atoms with E-state index in [0.717, 1.165) is 43.8 Å². The van der Waals surface area contributed by atoms with Gasteiger partial charge < -0.3 is 18.3 Å². The zero-order chi connectivity index (χ0) is 28.8. The van der Waals surface area contributed by atoms with Crippen molar-refractivity contribution >= 4 is 55.8 Å². The lowest BCUT2D eigenvalue weighted by Gasteiger charge is -2.17. The lowest BCUT2D eigenvalue weighted by atomic mass is 9.88. The molecule has 0 aliphatic carbocycles. The molecule has 0 radical (unpaired) electrons. The molecule has 0 amide bonds. The summed E-state index contributed by atoms with van der Waals surface area (Å²) >= 11 is 0. The number of ether oxygens (including phenoxy) is 2. The third kappa shape index (κ3) is 4.03. The van der Waals surface area contributed by atoms with Crippen molar-refractivity contribution in [3.63, 3.8) is 0 Å². The number of furan rings is 2. The molecule has 7 aromatic rings. The van der Waals surface area contributed by atoms with Crippen LogP contribution in [0.25, 0.3) is 66.1 Å². The highest BCUT2D eigenvalue weighted by Gasteiger charge is 2.26. The fraction of sp³-hybridized carbons (Fsp3) is 0.111. The van der Waals surface area contributed by atoms with Gasteiger partial charge in [0, 0.05) is 21.5 Å². The van der Waals surface area contributed by atoms with Gasteiger partial charge in [-0.2, -0.15) is 0 Å². The Morgan fingerprint density at radius 2 is 0.929 bits per heavy atom. The van der Waals surface area contributed by atoms with Crippen LogP contribution in [0.5, 0.6) is 0 Å². The van der Waals surface area contributed by atoms with Crippen molar-refractivity contribution in [3.8, 4) is 22.3 Å². The molecule has 6 heteroatoms. The van der Waals surface area contributed by atoms with Gasteiger partial charge in [-0.25, -0.2) is 9.59 Å². The number of para-hydroxylation sites is 2. The van der Waals surface area contributed by atoms with Crippen molar-refractivity contribution < 1.29 is 27.9 Å².